The summed E-state index contributed by atoms with van der Waals surface area (Å²) in [6, 6.07) is 8.26. The normalized spacial score (nSPS) is 19.7. The van der Waals surface area contributed by atoms with Gasteiger partial charge in [-0.1, -0.05) is 43.7 Å². The van der Waals surface area contributed by atoms with E-state index < -0.39 is 0 Å². The minimum atomic E-state index is 0.0819. The van der Waals surface area contributed by atoms with E-state index in [1.807, 2.05) is 35.9 Å². The fourth-order valence-electron chi connectivity index (χ4n) is 3.46. The van der Waals surface area contributed by atoms with E-state index in [2.05, 4.69) is 22.4 Å². The molecule has 1 aliphatic rings. The predicted molar refractivity (Wildman–Crippen MR) is 107 cm³/mol. The first kappa shape index (κ1) is 19.7. The largest absolute Gasteiger partial charge is 0.497 e. The molecule has 1 fully saturated rings. The maximum Gasteiger partial charge on any atom is 0.230 e. The van der Waals surface area contributed by atoms with E-state index in [4.69, 9.17) is 4.74 Å². The standard InChI is InChI=1S/C20H28N4O2S/c1-14-6-4-5-7-17(14)21-19(25)13-27-20-23-22-18(24(20)2)12-15-8-10-16(26-3)11-9-15/h8-11,14,17H,4-7,12-13H2,1-3H3,(H,21,25)/t14-,17+/m0/s1. The van der Waals surface area contributed by atoms with E-state index in [0.717, 1.165) is 28.7 Å². The van der Waals surface area contributed by atoms with E-state index >= 15 is 0 Å². The molecular weight excluding hydrogens is 360 g/mol. The second-order valence-electron chi connectivity index (χ2n) is 7.21. The number of aromatic nitrogens is 3. The van der Waals surface area contributed by atoms with Crippen LogP contribution >= 0.6 is 11.8 Å². The lowest BCUT2D eigenvalue weighted by Gasteiger charge is -2.29. The quantitative estimate of drug-likeness (QED) is 0.738. The minimum absolute atomic E-state index is 0.0819. The fraction of sp³-hybridized carbons (Fsp3) is 0.550. The molecule has 6 nitrogen and oxygen atoms in total. The average Bonchev–Trinajstić information content (AvgIpc) is 3.02. The topological polar surface area (TPSA) is 69.0 Å². The number of carbonyl (C=O) groups excluding carboxylic acids is 1. The molecule has 3 rings (SSSR count). The lowest BCUT2D eigenvalue weighted by Crippen LogP contribution is -2.41. The third-order valence-corrected chi connectivity index (χ3v) is 6.26. The maximum atomic E-state index is 12.3. The summed E-state index contributed by atoms with van der Waals surface area (Å²) in [4.78, 5) is 12.3. The Morgan fingerprint density at radius 1 is 1.26 bits per heavy atom. The van der Waals surface area contributed by atoms with Crippen LogP contribution in [0.15, 0.2) is 29.4 Å². The SMILES string of the molecule is COc1ccc(Cc2nnc(SCC(=O)N[C@@H]3CCCC[C@@H]3C)n2C)cc1. The van der Waals surface area contributed by atoms with Gasteiger partial charge in [0.1, 0.15) is 11.6 Å². The van der Waals surface area contributed by atoms with Crippen LogP contribution in [-0.4, -0.2) is 39.6 Å². The number of hydrogen-bond donors (Lipinski definition) is 1. The molecule has 2 atom stereocenters. The predicted octanol–water partition coefficient (Wildman–Crippen LogP) is 3.20. The molecule has 7 heteroatoms. The monoisotopic (exact) mass is 388 g/mol. The van der Waals surface area contributed by atoms with Crippen LogP contribution in [0, 0.1) is 5.92 Å². The van der Waals surface area contributed by atoms with Crippen LogP contribution in [0.1, 0.15) is 44.0 Å². The van der Waals surface area contributed by atoms with Gasteiger partial charge in [0, 0.05) is 19.5 Å². The van der Waals surface area contributed by atoms with Crippen molar-refractivity contribution in [2.75, 3.05) is 12.9 Å². The van der Waals surface area contributed by atoms with Crippen LogP contribution in [0.5, 0.6) is 5.75 Å². The third-order valence-electron chi connectivity index (χ3n) is 5.24. The van der Waals surface area contributed by atoms with Gasteiger partial charge in [-0.15, -0.1) is 10.2 Å². The number of hydrogen-bond acceptors (Lipinski definition) is 5. The van der Waals surface area contributed by atoms with E-state index in [-0.39, 0.29) is 5.91 Å². The smallest absolute Gasteiger partial charge is 0.230 e. The van der Waals surface area contributed by atoms with Gasteiger partial charge in [0.15, 0.2) is 5.16 Å². The van der Waals surface area contributed by atoms with Crippen LogP contribution in [0.3, 0.4) is 0 Å². The average molecular weight is 389 g/mol. The van der Waals surface area contributed by atoms with Crippen molar-refractivity contribution in [2.24, 2.45) is 13.0 Å². The van der Waals surface area contributed by atoms with Gasteiger partial charge in [-0.2, -0.15) is 0 Å². The summed E-state index contributed by atoms with van der Waals surface area (Å²) in [5.41, 5.74) is 1.15. The highest BCUT2D eigenvalue weighted by atomic mass is 32.2. The second kappa shape index (κ2) is 9.26. The van der Waals surface area contributed by atoms with Gasteiger partial charge in [0.05, 0.1) is 12.9 Å². The van der Waals surface area contributed by atoms with Gasteiger partial charge in [-0.25, -0.2) is 0 Å². The summed E-state index contributed by atoms with van der Waals surface area (Å²) in [6.07, 6.45) is 5.47. The molecule has 1 N–H and O–H groups in total. The Labute approximate surface area is 165 Å². The number of methoxy groups -OCH3 is 1. The molecule has 0 bridgehead atoms. The van der Waals surface area contributed by atoms with Gasteiger partial charge >= 0.3 is 0 Å². The fourth-order valence-corrected chi connectivity index (χ4v) is 4.20. The lowest BCUT2D eigenvalue weighted by atomic mass is 9.86. The van der Waals surface area contributed by atoms with Crippen molar-refractivity contribution >= 4 is 17.7 Å². The number of benzene rings is 1. The molecule has 0 aliphatic heterocycles. The van der Waals surface area contributed by atoms with Crippen molar-refractivity contribution in [1.82, 2.24) is 20.1 Å². The molecule has 1 aromatic heterocycles. The molecule has 1 saturated carbocycles. The molecule has 1 heterocycles. The summed E-state index contributed by atoms with van der Waals surface area (Å²) in [7, 11) is 3.61. The highest BCUT2D eigenvalue weighted by Crippen LogP contribution is 2.24. The van der Waals surface area contributed by atoms with E-state index in [1.165, 1.54) is 31.0 Å². The molecule has 0 unspecified atom stereocenters. The highest BCUT2D eigenvalue weighted by molar-refractivity contribution is 7.99. The maximum absolute atomic E-state index is 12.3. The van der Waals surface area contributed by atoms with Crippen molar-refractivity contribution in [3.63, 3.8) is 0 Å². The Balaban J connectivity index is 1.52. The summed E-state index contributed by atoms with van der Waals surface area (Å²) < 4.78 is 7.15. The Morgan fingerprint density at radius 3 is 2.70 bits per heavy atom. The van der Waals surface area contributed by atoms with Crippen molar-refractivity contribution in [2.45, 2.75) is 50.2 Å². The van der Waals surface area contributed by atoms with Gasteiger partial charge in [-0.05, 0) is 36.5 Å². The number of nitrogens with one attached hydrogen (secondary N) is 1. The first-order valence-corrected chi connectivity index (χ1v) is 10.5. The number of carbonyl (C=O) groups is 1. The first-order chi connectivity index (χ1) is 13.1. The van der Waals surface area contributed by atoms with Crippen LogP contribution in [0.2, 0.25) is 0 Å². The summed E-state index contributed by atoms with van der Waals surface area (Å²) in [6.45, 7) is 2.23. The molecule has 1 amide bonds. The molecule has 1 aromatic carbocycles. The molecule has 2 aromatic rings. The van der Waals surface area contributed by atoms with Crippen molar-refractivity contribution in [3.8, 4) is 5.75 Å². The van der Waals surface area contributed by atoms with Gasteiger partial charge in [0.2, 0.25) is 5.91 Å². The third kappa shape index (κ3) is 5.25. The summed E-state index contributed by atoms with van der Waals surface area (Å²) >= 11 is 1.44. The Hall–Kier alpha value is -2.02. The van der Waals surface area contributed by atoms with Crippen LogP contribution < -0.4 is 10.1 Å². The zero-order chi connectivity index (χ0) is 19.2. The first-order valence-electron chi connectivity index (χ1n) is 9.50. The number of amides is 1. The molecule has 0 spiro atoms. The number of nitrogens with zero attached hydrogens (tertiary/aromatic N) is 3. The van der Waals surface area contributed by atoms with E-state index in [1.54, 1.807) is 7.11 Å². The molecule has 0 saturated heterocycles. The van der Waals surface area contributed by atoms with E-state index in [0.29, 0.717) is 24.1 Å². The molecular formula is C20H28N4O2S. The zero-order valence-electron chi connectivity index (χ0n) is 16.3. The summed E-state index contributed by atoms with van der Waals surface area (Å²) in [5.74, 6) is 2.74. The Morgan fingerprint density at radius 2 is 2.00 bits per heavy atom. The van der Waals surface area contributed by atoms with Gasteiger partial charge in [0.25, 0.3) is 0 Å². The molecule has 146 valence electrons. The van der Waals surface area contributed by atoms with Gasteiger partial charge < -0.3 is 14.6 Å². The highest BCUT2D eigenvalue weighted by Gasteiger charge is 2.23. The van der Waals surface area contributed by atoms with Crippen molar-refractivity contribution in [1.29, 1.82) is 0 Å². The van der Waals surface area contributed by atoms with Crippen LogP contribution in [-0.2, 0) is 18.3 Å². The number of ether oxygens (including phenoxy) is 1. The minimum Gasteiger partial charge on any atom is -0.497 e. The van der Waals surface area contributed by atoms with Crippen molar-refractivity contribution < 1.29 is 9.53 Å². The Bertz CT molecular complexity index is 760. The Kier molecular flexibility index (Phi) is 6.77. The number of rotatable bonds is 7. The summed E-state index contributed by atoms with van der Waals surface area (Å²) in [5, 5.41) is 12.5. The molecule has 27 heavy (non-hydrogen) atoms. The van der Waals surface area contributed by atoms with Crippen LogP contribution in [0.4, 0.5) is 0 Å². The lowest BCUT2D eigenvalue weighted by molar-refractivity contribution is -0.119. The second-order valence-corrected chi connectivity index (χ2v) is 8.15. The molecule has 0 radical (unpaired) electrons. The molecule has 1 aliphatic carbocycles. The van der Waals surface area contributed by atoms with Crippen LogP contribution in [0.25, 0.3) is 0 Å². The van der Waals surface area contributed by atoms with Crippen molar-refractivity contribution in [3.05, 3.63) is 35.7 Å². The number of thioether (sulfide) groups is 1. The van der Waals surface area contributed by atoms with E-state index in [9.17, 15) is 4.79 Å². The van der Waals surface area contributed by atoms with Gasteiger partial charge in [-0.3, -0.25) is 4.79 Å². The zero-order valence-corrected chi connectivity index (χ0v) is 17.1.